The maximum Gasteiger partial charge on any atom is 0.339 e. The Balaban J connectivity index is 2.97. The normalized spacial score (nSPS) is 16.9. The molecule has 1 heterocycles. The quantitative estimate of drug-likeness (QED) is 0.424. The zero-order valence-corrected chi connectivity index (χ0v) is 10.3. The van der Waals surface area contributed by atoms with Crippen LogP contribution in [0.2, 0.25) is 0 Å². The number of allylic oxidation sites excluding steroid dienone is 2. The van der Waals surface area contributed by atoms with Crippen LogP contribution in [0.1, 0.15) is 13.8 Å². The Kier molecular flexibility index (Phi) is 4.55. The summed E-state index contributed by atoms with van der Waals surface area (Å²) in [5.74, 6) is -0.435. The van der Waals surface area contributed by atoms with Crippen LogP contribution < -0.4 is 0 Å². The maximum atomic E-state index is 11.5. The van der Waals surface area contributed by atoms with Gasteiger partial charge in [0.05, 0.1) is 12.2 Å². The molecule has 0 saturated carbocycles. The van der Waals surface area contributed by atoms with Gasteiger partial charge in [-0.25, -0.2) is 9.79 Å². The summed E-state index contributed by atoms with van der Waals surface area (Å²) in [6.45, 7) is 3.81. The van der Waals surface area contributed by atoms with Crippen LogP contribution in [-0.4, -0.2) is 29.6 Å². The van der Waals surface area contributed by atoms with E-state index >= 15 is 0 Å². The topological polar surface area (TPSA) is 61.7 Å². The third-order valence-corrected chi connectivity index (χ3v) is 2.53. The molecule has 0 radical (unpaired) electrons. The van der Waals surface area contributed by atoms with Crippen LogP contribution in [0.3, 0.4) is 0 Å². The van der Waals surface area contributed by atoms with Crippen LogP contribution in [0.15, 0.2) is 33.0 Å². The summed E-state index contributed by atoms with van der Waals surface area (Å²) in [5, 5.41) is 0.327. The fraction of sp³-hybridized carbons (Fsp3) is 0.364. The van der Waals surface area contributed by atoms with Gasteiger partial charge in [0.15, 0.2) is 0 Å². The highest BCUT2D eigenvalue weighted by Crippen LogP contribution is 2.12. The number of carbonyl (C=O) groups excluding carboxylic acids is 1. The van der Waals surface area contributed by atoms with Crippen LogP contribution in [0.4, 0.5) is 0 Å². The second kappa shape index (κ2) is 5.70. The van der Waals surface area contributed by atoms with E-state index in [0.29, 0.717) is 22.8 Å². The molecule has 86 valence electrons. The highest BCUT2D eigenvalue weighted by atomic mass is 32.2. The molecular formula is C11H13NO3S. The number of nitrogens with zero attached hydrogens (tertiary/aromatic N) is 1. The van der Waals surface area contributed by atoms with Crippen molar-refractivity contribution in [3.05, 3.63) is 28.0 Å². The minimum Gasteiger partial charge on any atom is -0.610 e. The van der Waals surface area contributed by atoms with Gasteiger partial charge in [0.25, 0.3) is 5.03 Å². The van der Waals surface area contributed by atoms with Crippen molar-refractivity contribution >= 4 is 23.4 Å². The summed E-state index contributed by atoms with van der Waals surface area (Å²) < 4.78 is 16.1. The number of esters is 1. The lowest BCUT2D eigenvalue weighted by atomic mass is 10.2. The van der Waals surface area contributed by atoms with Crippen molar-refractivity contribution in [1.82, 2.24) is 0 Å². The van der Waals surface area contributed by atoms with Crippen LogP contribution >= 0.6 is 0 Å². The first-order chi connectivity index (χ1) is 7.54. The summed E-state index contributed by atoms with van der Waals surface area (Å²) in [7, 11) is 0. The van der Waals surface area contributed by atoms with Crippen molar-refractivity contribution in [3.8, 4) is 0 Å². The van der Waals surface area contributed by atoms with E-state index in [2.05, 4.69) is 10.7 Å². The highest BCUT2D eigenvalue weighted by Gasteiger charge is 2.13. The van der Waals surface area contributed by atoms with Crippen molar-refractivity contribution < 1.29 is 14.1 Å². The molecule has 5 heteroatoms. The fourth-order valence-corrected chi connectivity index (χ4v) is 1.61. The van der Waals surface area contributed by atoms with E-state index < -0.39 is 17.1 Å². The molecule has 0 aliphatic carbocycles. The Hall–Kier alpha value is -1.29. The first-order valence-corrected chi connectivity index (χ1v) is 6.34. The van der Waals surface area contributed by atoms with Crippen molar-refractivity contribution in [1.29, 1.82) is 0 Å². The second-order valence-electron chi connectivity index (χ2n) is 3.15. The molecule has 1 aliphatic rings. The molecule has 0 N–H and O–H groups in total. The highest BCUT2D eigenvalue weighted by molar-refractivity contribution is 7.94. The maximum absolute atomic E-state index is 11.5. The molecule has 16 heavy (non-hydrogen) atoms. The lowest BCUT2D eigenvalue weighted by Crippen LogP contribution is -2.09. The smallest absolute Gasteiger partial charge is 0.339 e. The van der Waals surface area contributed by atoms with E-state index in [-0.39, 0.29) is 0 Å². The molecular weight excluding hydrogens is 226 g/mol. The molecule has 4 nitrogen and oxygen atoms in total. The lowest BCUT2D eigenvalue weighted by Gasteiger charge is -2.01. The van der Waals surface area contributed by atoms with Crippen LogP contribution in [-0.2, 0) is 20.7 Å². The average Bonchev–Trinajstić information content (AvgIpc) is 2.40. The van der Waals surface area contributed by atoms with E-state index in [1.165, 1.54) is 12.5 Å². The SMILES string of the molecule is CCOC(=O)C1=CC(C)=C=C([S+](C)[O-])N=C1. The van der Waals surface area contributed by atoms with Gasteiger partial charge < -0.3 is 9.29 Å². The molecule has 0 aromatic heterocycles. The number of hydrogen-bond acceptors (Lipinski definition) is 4. The molecule has 0 saturated heterocycles. The Morgan fingerprint density at radius 1 is 1.69 bits per heavy atom. The molecule has 0 spiro atoms. The molecule has 0 bridgehead atoms. The van der Waals surface area contributed by atoms with Crippen molar-refractivity contribution in [3.63, 3.8) is 0 Å². The lowest BCUT2D eigenvalue weighted by molar-refractivity contribution is -0.137. The van der Waals surface area contributed by atoms with Crippen LogP contribution in [0, 0.1) is 0 Å². The monoisotopic (exact) mass is 239 g/mol. The third kappa shape index (κ3) is 3.38. The zero-order chi connectivity index (χ0) is 12.1. The first-order valence-electron chi connectivity index (χ1n) is 4.78. The van der Waals surface area contributed by atoms with Crippen LogP contribution in [0.5, 0.6) is 0 Å². The minimum absolute atomic E-state index is 0.312. The van der Waals surface area contributed by atoms with Crippen molar-refractivity contribution in [2.75, 3.05) is 12.9 Å². The van der Waals surface area contributed by atoms with Gasteiger partial charge in [0, 0.05) is 17.4 Å². The van der Waals surface area contributed by atoms with E-state index in [0.717, 1.165) is 0 Å². The molecule has 0 amide bonds. The predicted octanol–water partition coefficient (Wildman–Crippen LogP) is 1.33. The summed E-state index contributed by atoms with van der Waals surface area (Å²) in [4.78, 5) is 15.4. The van der Waals surface area contributed by atoms with E-state index in [1.807, 2.05) is 0 Å². The molecule has 0 fully saturated rings. The summed E-state index contributed by atoms with van der Waals surface area (Å²) >= 11 is -1.21. The molecule has 0 aromatic rings. The van der Waals surface area contributed by atoms with Crippen LogP contribution in [0.25, 0.3) is 0 Å². The Labute approximate surface area is 97.6 Å². The van der Waals surface area contributed by atoms with Crippen molar-refractivity contribution in [2.24, 2.45) is 4.99 Å². The Bertz CT molecular complexity index is 415. The van der Waals surface area contributed by atoms with E-state index in [1.54, 1.807) is 19.9 Å². The molecule has 1 rings (SSSR count). The molecule has 1 aliphatic heterocycles. The molecule has 0 aromatic carbocycles. The Morgan fingerprint density at radius 3 is 2.94 bits per heavy atom. The van der Waals surface area contributed by atoms with Gasteiger partial charge in [-0.15, -0.1) is 0 Å². The number of aliphatic imine (C=N–C) groups is 1. The largest absolute Gasteiger partial charge is 0.610 e. The zero-order valence-electron chi connectivity index (χ0n) is 9.44. The van der Waals surface area contributed by atoms with Gasteiger partial charge in [0.1, 0.15) is 6.26 Å². The first kappa shape index (κ1) is 12.8. The number of carbonyl (C=O) groups is 1. The van der Waals surface area contributed by atoms with Gasteiger partial charge in [-0.05, 0) is 31.2 Å². The minimum atomic E-state index is -1.21. The number of rotatable bonds is 3. The summed E-state index contributed by atoms with van der Waals surface area (Å²) in [6, 6.07) is 0. The third-order valence-electron chi connectivity index (χ3n) is 1.78. The standard InChI is InChI=1S/C11H13NO3S/c1-4-15-11(13)9-5-8(2)6-10(12-7-9)16(3)14/h5,7H,4H2,1-3H3. The van der Waals surface area contributed by atoms with Gasteiger partial charge in [-0.2, -0.15) is 0 Å². The summed E-state index contributed by atoms with van der Waals surface area (Å²) in [5.41, 5.74) is 3.90. The fourth-order valence-electron chi connectivity index (χ4n) is 1.11. The second-order valence-corrected chi connectivity index (χ2v) is 4.44. The number of hydrogen-bond donors (Lipinski definition) is 0. The van der Waals surface area contributed by atoms with E-state index in [4.69, 9.17) is 4.74 Å². The molecule has 1 unspecified atom stereocenters. The predicted molar refractivity (Wildman–Crippen MR) is 63.5 cm³/mol. The number of ether oxygens (including phenoxy) is 1. The van der Waals surface area contributed by atoms with E-state index in [9.17, 15) is 9.35 Å². The van der Waals surface area contributed by atoms with Gasteiger partial charge in [-0.1, -0.05) is 0 Å². The van der Waals surface area contributed by atoms with Gasteiger partial charge >= 0.3 is 5.97 Å². The molecule has 1 atom stereocenters. The van der Waals surface area contributed by atoms with Gasteiger partial charge in [-0.3, -0.25) is 0 Å². The van der Waals surface area contributed by atoms with Crippen molar-refractivity contribution in [2.45, 2.75) is 13.8 Å². The average molecular weight is 239 g/mol. The Morgan fingerprint density at radius 2 is 2.38 bits per heavy atom. The summed E-state index contributed by atoms with van der Waals surface area (Å²) in [6.07, 6.45) is 4.49. The van der Waals surface area contributed by atoms with Gasteiger partial charge in [0.2, 0.25) is 0 Å².